The Morgan fingerprint density at radius 3 is 2.48 bits per heavy atom. The van der Waals surface area contributed by atoms with E-state index in [2.05, 4.69) is 0 Å². The predicted octanol–water partition coefficient (Wildman–Crippen LogP) is 4.51. The first kappa shape index (κ1) is 15.1. The maximum absolute atomic E-state index is 10.7. The van der Waals surface area contributed by atoms with Crippen LogP contribution in [0.2, 0.25) is 5.02 Å². The summed E-state index contributed by atoms with van der Waals surface area (Å²) in [4.78, 5) is 12.7. The lowest BCUT2D eigenvalue weighted by molar-refractivity contribution is -0.131. The second kappa shape index (κ2) is 6.46. The van der Waals surface area contributed by atoms with Crippen molar-refractivity contribution >= 4 is 35.0 Å². The zero-order valence-corrected chi connectivity index (χ0v) is 12.6. The van der Waals surface area contributed by atoms with Crippen LogP contribution in [-0.4, -0.2) is 18.1 Å². The maximum atomic E-state index is 10.7. The molecule has 0 aliphatic rings. The molecular weight excluding hydrogens is 286 g/mol. The molecule has 2 aromatic rings. The van der Waals surface area contributed by atoms with Gasteiger partial charge in [-0.25, -0.2) is 4.79 Å². The van der Waals surface area contributed by atoms with Gasteiger partial charge in [0.05, 0.1) is 0 Å². The van der Waals surface area contributed by atoms with Crippen molar-refractivity contribution in [2.24, 2.45) is 0 Å². The van der Waals surface area contributed by atoms with Crippen LogP contribution >= 0.6 is 11.6 Å². The lowest BCUT2D eigenvalue weighted by atomic mass is 10.1. The lowest BCUT2D eigenvalue weighted by Crippen LogP contribution is -2.11. The molecule has 0 bridgehead atoms. The minimum absolute atomic E-state index is 0.518. The van der Waals surface area contributed by atoms with Gasteiger partial charge < -0.3 is 10.0 Å². The number of anilines is 2. The molecule has 0 radical (unpaired) electrons. The Morgan fingerprint density at radius 2 is 1.86 bits per heavy atom. The molecule has 4 heteroatoms. The molecule has 0 atom stereocenters. The molecule has 0 heterocycles. The average molecular weight is 302 g/mol. The Balaban J connectivity index is 2.45. The number of rotatable bonds is 4. The van der Waals surface area contributed by atoms with E-state index >= 15 is 0 Å². The number of aryl methyl sites for hydroxylation is 1. The van der Waals surface area contributed by atoms with Gasteiger partial charge in [-0.15, -0.1) is 0 Å². The van der Waals surface area contributed by atoms with Crippen molar-refractivity contribution in [3.05, 3.63) is 64.7 Å². The van der Waals surface area contributed by atoms with E-state index in [4.69, 9.17) is 16.7 Å². The Kier molecular flexibility index (Phi) is 4.66. The summed E-state index contributed by atoms with van der Waals surface area (Å²) in [6.45, 7) is 2.03. The molecule has 1 N–H and O–H groups in total. The smallest absolute Gasteiger partial charge is 0.328 e. The van der Waals surface area contributed by atoms with Gasteiger partial charge in [0.15, 0.2) is 0 Å². The number of benzene rings is 2. The zero-order valence-electron chi connectivity index (χ0n) is 11.9. The molecule has 0 amide bonds. The zero-order chi connectivity index (χ0) is 15.4. The number of halogens is 1. The van der Waals surface area contributed by atoms with E-state index in [9.17, 15) is 4.79 Å². The molecule has 3 nitrogen and oxygen atoms in total. The van der Waals surface area contributed by atoms with Crippen LogP contribution in [0.15, 0.2) is 48.5 Å². The third-order valence-electron chi connectivity index (χ3n) is 3.21. The fourth-order valence-corrected chi connectivity index (χ4v) is 2.28. The van der Waals surface area contributed by atoms with Crippen LogP contribution in [0, 0.1) is 6.92 Å². The van der Waals surface area contributed by atoms with Gasteiger partial charge in [0.2, 0.25) is 0 Å². The van der Waals surface area contributed by atoms with Crippen molar-refractivity contribution in [2.45, 2.75) is 6.92 Å². The first-order valence-corrected chi connectivity index (χ1v) is 6.87. The minimum atomic E-state index is -1.00. The van der Waals surface area contributed by atoms with Crippen molar-refractivity contribution in [2.75, 3.05) is 11.9 Å². The molecule has 108 valence electrons. The third-order valence-corrected chi connectivity index (χ3v) is 3.53. The molecule has 21 heavy (non-hydrogen) atoms. The third kappa shape index (κ3) is 3.64. The number of carboxylic acids is 1. The Bertz CT molecular complexity index is 678. The summed E-state index contributed by atoms with van der Waals surface area (Å²) in [6, 6.07) is 13.6. The van der Waals surface area contributed by atoms with E-state index < -0.39 is 5.97 Å². The second-order valence-corrected chi connectivity index (χ2v) is 5.15. The summed E-state index contributed by atoms with van der Waals surface area (Å²) in [5.41, 5.74) is 3.73. The molecule has 0 aliphatic heterocycles. The normalized spacial score (nSPS) is 10.8. The highest BCUT2D eigenvalue weighted by molar-refractivity contribution is 6.32. The van der Waals surface area contributed by atoms with Gasteiger partial charge in [-0.2, -0.15) is 0 Å². The molecule has 0 saturated carbocycles. The minimum Gasteiger partial charge on any atom is -0.478 e. The van der Waals surface area contributed by atoms with Crippen molar-refractivity contribution in [1.82, 2.24) is 0 Å². The predicted molar refractivity (Wildman–Crippen MR) is 87.4 cm³/mol. The summed E-state index contributed by atoms with van der Waals surface area (Å²) in [7, 11) is 1.93. The van der Waals surface area contributed by atoms with E-state index in [0.717, 1.165) is 17.5 Å². The fourth-order valence-electron chi connectivity index (χ4n) is 2.05. The largest absolute Gasteiger partial charge is 0.478 e. The van der Waals surface area contributed by atoms with E-state index in [-0.39, 0.29) is 0 Å². The number of nitrogens with zero attached hydrogens (tertiary/aromatic N) is 1. The van der Waals surface area contributed by atoms with Crippen LogP contribution in [0.4, 0.5) is 11.4 Å². The number of aliphatic carboxylic acids is 1. The summed E-state index contributed by atoms with van der Waals surface area (Å²) in [6.07, 6.45) is 2.61. The van der Waals surface area contributed by atoms with E-state index in [1.807, 2.05) is 55.3 Å². The van der Waals surface area contributed by atoms with E-state index in [1.54, 1.807) is 6.07 Å². The standard InChI is InChI=1S/C17H16ClNO2/c1-12-6-8-13(9-7-12)19(2)16-5-3-4-15(18)14(16)10-11-17(20)21/h3-11H,1-2H3,(H,20,21). The number of carboxylic acid groups (broad SMARTS) is 1. The van der Waals surface area contributed by atoms with E-state index in [0.29, 0.717) is 10.6 Å². The lowest BCUT2D eigenvalue weighted by Gasteiger charge is -2.22. The summed E-state index contributed by atoms with van der Waals surface area (Å²) in [5, 5.41) is 9.32. The summed E-state index contributed by atoms with van der Waals surface area (Å²) >= 11 is 6.20. The molecule has 0 spiro atoms. The average Bonchev–Trinajstić information content (AvgIpc) is 2.45. The molecule has 2 rings (SSSR count). The molecule has 0 aliphatic carbocycles. The van der Waals surface area contributed by atoms with E-state index in [1.165, 1.54) is 11.6 Å². The summed E-state index contributed by atoms with van der Waals surface area (Å²) in [5.74, 6) is -1.00. The molecule has 0 fully saturated rings. The van der Waals surface area contributed by atoms with Gasteiger partial charge >= 0.3 is 5.97 Å². The maximum Gasteiger partial charge on any atom is 0.328 e. The highest BCUT2D eigenvalue weighted by Gasteiger charge is 2.10. The Labute approximate surface area is 129 Å². The van der Waals surface area contributed by atoms with Crippen molar-refractivity contribution in [3.8, 4) is 0 Å². The molecule has 2 aromatic carbocycles. The van der Waals surface area contributed by atoms with Crippen LogP contribution in [0.5, 0.6) is 0 Å². The topological polar surface area (TPSA) is 40.5 Å². The van der Waals surface area contributed by atoms with Gasteiger partial charge in [0, 0.05) is 35.1 Å². The van der Waals surface area contributed by atoms with Crippen LogP contribution in [0.1, 0.15) is 11.1 Å². The van der Waals surface area contributed by atoms with Crippen molar-refractivity contribution in [1.29, 1.82) is 0 Å². The first-order chi connectivity index (χ1) is 9.99. The van der Waals surface area contributed by atoms with Crippen LogP contribution in [-0.2, 0) is 4.79 Å². The second-order valence-electron chi connectivity index (χ2n) is 4.74. The Morgan fingerprint density at radius 1 is 1.19 bits per heavy atom. The van der Waals surface area contributed by atoms with Gasteiger partial charge in [0.25, 0.3) is 0 Å². The van der Waals surface area contributed by atoms with Gasteiger partial charge in [-0.3, -0.25) is 0 Å². The van der Waals surface area contributed by atoms with Crippen LogP contribution < -0.4 is 4.90 Å². The number of hydrogen-bond donors (Lipinski definition) is 1. The molecule has 0 aromatic heterocycles. The molecule has 0 unspecified atom stereocenters. The highest BCUT2D eigenvalue weighted by Crippen LogP contribution is 2.32. The molecule has 0 saturated heterocycles. The number of carbonyl (C=O) groups is 1. The quantitative estimate of drug-likeness (QED) is 0.844. The SMILES string of the molecule is Cc1ccc(N(C)c2cccc(Cl)c2C=CC(=O)O)cc1. The number of hydrogen-bond acceptors (Lipinski definition) is 2. The Hall–Kier alpha value is -2.26. The monoisotopic (exact) mass is 301 g/mol. The van der Waals surface area contributed by atoms with Crippen LogP contribution in [0.25, 0.3) is 6.08 Å². The summed E-state index contributed by atoms with van der Waals surface area (Å²) < 4.78 is 0. The first-order valence-electron chi connectivity index (χ1n) is 6.49. The van der Waals surface area contributed by atoms with Crippen LogP contribution in [0.3, 0.4) is 0 Å². The van der Waals surface area contributed by atoms with Crippen molar-refractivity contribution in [3.63, 3.8) is 0 Å². The highest BCUT2D eigenvalue weighted by atomic mass is 35.5. The molecular formula is C17H16ClNO2. The van der Waals surface area contributed by atoms with Gasteiger partial charge in [-0.05, 0) is 37.3 Å². The van der Waals surface area contributed by atoms with Gasteiger partial charge in [0.1, 0.15) is 0 Å². The van der Waals surface area contributed by atoms with Crippen molar-refractivity contribution < 1.29 is 9.90 Å². The fraction of sp³-hybridized carbons (Fsp3) is 0.118. The van der Waals surface area contributed by atoms with Gasteiger partial charge in [-0.1, -0.05) is 35.4 Å².